The highest BCUT2D eigenvalue weighted by atomic mass is 32.2. The summed E-state index contributed by atoms with van der Waals surface area (Å²) in [5.41, 5.74) is 0. The van der Waals surface area contributed by atoms with E-state index < -0.39 is 22.1 Å². The van der Waals surface area contributed by atoms with E-state index in [1.165, 1.54) is 0 Å². The van der Waals surface area contributed by atoms with Crippen LogP contribution < -0.4 is 9.44 Å². The van der Waals surface area contributed by atoms with Gasteiger partial charge in [-0.2, -0.15) is 8.42 Å². The molecule has 7 heteroatoms. The Hall–Kier alpha value is -0.660. The predicted octanol–water partition coefficient (Wildman–Crippen LogP) is -0.0688. The maximum absolute atomic E-state index is 11.1. The number of aliphatic carboxylic acids is 1. The molecular weight excluding hydrogens is 220 g/mol. The lowest BCUT2D eigenvalue weighted by atomic mass is 10.1. The van der Waals surface area contributed by atoms with Gasteiger partial charge >= 0.3 is 5.97 Å². The average molecular weight is 238 g/mol. The van der Waals surface area contributed by atoms with Gasteiger partial charge in [-0.3, -0.25) is 4.79 Å². The molecule has 0 rings (SSSR count). The van der Waals surface area contributed by atoms with E-state index in [9.17, 15) is 13.2 Å². The third kappa shape index (κ3) is 6.43. The molecule has 1 atom stereocenters. The standard InChI is InChI=1S/C8H18N2O4S/c1-3-5-7(8(11)12)6-10-15(13,14)9-4-2/h7,9-10H,3-6H2,1-2H3,(H,11,12). The van der Waals surface area contributed by atoms with Crippen LogP contribution in [0.4, 0.5) is 0 Å². The van der Waals surface area contributed by atoms with Gasteiger partial charge in [0.1, 0.15) is 0 Å². The summed E-state index contributed by atoms with van der Waals surface area (Å²) in [5, 5.41) is 8.78. The molecule has 0 saturated heterocycles. The third-order valence-corrected chi connectivity index (χ3v) is 3.06. The molecule has 0 spiro atoms. The van der Waals surface area contributed by atoms with Crippen molar-refractivity contribution in [1.29, 1.82) is 0 Å². The zero-order valence-corrected chi connectivity index (χ0v) is 9.80. The summed E-state index contributed by atoms with van der Waals surface area (Å²) in [6.07, 6.45) is 1.17. The monoisotopic (exact) mass is 238 g/mol. The molecule has 0 fully saturated rings. The fourth-order valence-corrected chi connectivity index (χ4v) is 2.02. The van der Waals surface area contributed by atoms with Gasteiger partial charge in [0.25, 0.3) is 10.2 Å². The number of nitrogens with one attached hydrogen (secondary N) is 2. The van der Waals surface area contributed by atoms with Crippen molar-refractivity contribution >= 4 is 16.2 Å². The summed E-state index contributed by atoms with van der Waals surface area (Å²) in [6.45, 7) is 3.72. The van der Waals surface area contributed by atoms with Crippen LogP contribution in [0.1, 0.15) is 26.7 Å². The molecule has 0 amide bonds. The predicted molar refractivity (Wildman–Crippen MR) is 56.6 cm³/mol. The van der Waals surface area contributed by atoms with Gasteiger partial charge in [0.05, 0.1) is 5.92 Å². The van der Waals surface area contributed by atoms with E-state index in [0.717, 1.165) is 0 Å². The Morgan fingerprint density at radius 2 is 1.93 bits per heavy atom. The van der Waals surface area contributed by atoms with Crippen LogP contribution in [0.3, 0.4) is 0 Å². The van der Waals surface area contributed by atoms with Gasteiger partial charge in [0, 0.05) is 13.1 Å². The molecule has 0 aliphatic heterocycles. The molecule has 0 saturated carbocycles. The van der Waals surface area contributed by atoms with Crippen molar-refractivity contribution in [2.75, 3.05) is 13.1 Å². The lowest BCUT2D eigenvalue weighted by Gasteiger charge is -2.12. The van der Waals surface area contributed by atoms with Gasteiger partial charge in [0.15, 0.2) is 0 Å². The highest BCUT2D eigenvalue weighted by molar-refractivity contribution is 7.87. The molecule has 0 aromatic rings. The first-order valence-electron chi connectivity index (χ1n) is 4.90. The fraction of sp³-hybridized carbons (Fsp3) is 0.875. The molecule has 6 nitrogen and oxygen atoms in total. The molecule has 3 N–H and O–H groups in total. The van der Waals surface area contributed by atoms with E-state index in [2.05, 4.69) is 9.44 Å². The topological polar surface area (TPSA) is 95.5 Å². The van der Waals surface area contributed by atoms with Crippen molar-refractivity contribution in [2.45, 2.75) is 26.7 Å². The minimum atomic E-state index is -3.54. The number of carboxylic acids is 1. The summed E-state index contributed by atoms with van der Waals surface area (Å²) in [4.78, 5) is 10.7. The number of carboxylic acid groups (broad SMARTS) is 1. The zero-order chi connectivity index (χ0) is 11.9. The molecule has 0 heterocycles. The van der Waals surface area contributed by atoms with Crippen molar-refractivity contribution in [2.24, 2.45) is 5.92 Å². The van der Waals surface area contributed by atoms with Gasteiger partial charge < -0.3 is 5.11 Å². The van der Waals surface area contributed by atoms with Crippen molar-refractivity contribution in [3.8, 4) is 0 Å². The Morgan fingerprint density at radius 3 is 2.33 bits per heavy atom. The van der Waals surface area contributed by atoms with Crippen molar-refractivity contribution in [3.05, 3.63) is 0 Å². The molecule has 1 unspecified atom stereocenters. The van der Waals surface area contributed by atoms with Crippen LogP contribution >= 0.6 is 0 Å². The Morgan fingerprint density at radius 1 is 1.33 bits per heavy atom. The van der Waals surface area contributed by atoms with Crippen molar-refractivity contribution in [3.63, 3.8) is 0 Å². The Kier molecular flexibility index (Phi) is 6.46. The Labute approximate surface area is 90.2 Å². The summed E-state index contributed by atoms with van der Waals surface area (Å²) in [5.74, 6) is -1.64. The Bertz CT molecular complexity index is 289. The summed E-state index contributed by atoms with van der Waals surface area (Å²) < 4.78 is 26.7. The lowest BCUT2D eigenvalue weighted by Crippen LogP contribution is -2.40. The zero-order valence-electron chi connectivity index (χ0n) is 8.99. The number of carbonyl (C=O) groups is 1. The van der Waals surface area contributed by atoms with E-state index >= 15 is 0 Å². The largest absolute Gasteiger partial charge is 0.481 e. The SMILES string of the molecule is CCCC(CNS(=O)(=O)NCC)C(=O)O. The molecule has 90 valence electrons. The van der Waals surface area contributed by atoms with Crippen molar-refractivity contribution < 1.29 is 18.3 Å². The summed E-state index contributed by atoms with van der Waals surface area (Å²) >= 11 is 0. The van der Waals surface area contributed by atoms with E-state index in [1.807, 2.05) is 6.92 Å². The first-order chi connectivity index (χ1) is 6.93. The van der Waals surface area contributed by atoms with Crippen molar-refractivity contribution in [1.82, 2.24) is 9.44 Å². The van der Waals surface area contributed by atoms with Crippen LogP contribution in [0.2, 0.25) is 0 Å². The van der Waals surface area contributed by atoms with Gasteiger partial charge in [-0.05, 0) is 6.42 Å². The molecular formula is C8H18N2O4S. The van der Waals surface area contributed by atoms with Gasteiger partial charge in [-0.15, -0.1) is 0 Å². The van der Waals surface area contributed by atoms with Gasteiger partial charge in [0.2, 0.25) is 0 Å². The molecule has 0 aromatic heterocycles. The molecule has 0 aliphatic rings. The fourth-order valence-electron chi connectivity index (χ4n) is 1.11. The second-order valence-corrected chi connectivity index (χ2v) is 4.76. The lowest BCUT2D eigenvalue weighted by molar-refractivity contribution is -0.141. The summed E-state index contributed by atoms with van der Waals surface area (Å²) in [7, 11) is -3.54. The van der Waals surface area contributed by atoms with Crippen LogP contribution in [0.25, 0.3) is 0 Å². The van der Waals surface area contributed by atoms with Gasteiger partial charge in [-0.25, -0.2) is 9.44 Å². The number of rotatable bonds is 8. The van der Waals surface area contributed by atoms with Crippen LogP contribution in [-0.2, 0) is 15.0 Å². The van der Waals surface area contributed by atoms with E-state index in [4.69, 9.17) is 5.11 Å². The molecule has 0 aliphatic carbocycles. The van der Waals surface area contributed by atoms with Crippen LogP contribution in [-0.4, -0.2) is 32.6 Å². The maximum Gasteiger partial charge on any atom is 0.307 e. The van der Waals surface area contributed by atoms with Gasteiger partial charge in [-0.1, -0.05) is 20.3 Å². The highest BCUT2D eigenvalue weighted by Gasteiger charge is 2.18. The second kappa shape index (κ2) is 6.76. The first kappa shape index (κ1) is 14.3. The average Bonchev–Trinajstić information content (AvgIpc) is 2.11. The smallest absolute Gasteiger partial charge is 0.307 e. The first-order valence-corrected chi connectivity index (χ1v) is 6.38. The quantitative estimate of drug-likeness (QED) is 0.551. The van der Waals surface area contributed by atoms with Crippen LogP contribution in [0.15, 0.2) is 0 Å². The van der Waals surface area contributed by atoms with E-state index in [1.54, 1.807) is 6.92 Å². The Balaban J connectivity index is 4.15. The summed E-state index contributed by atoms with van der Waals surface area (Å²) in [6, 6.07) is 0. The number of hydrogen-bond donors (Lipinski definition) is 3. The molecule has 0 aromatic carbocycles. The third-order valence-electron chi connectivity index (χ3n) is 1.84. The molecule has 0 radical (unpaired) electrons. The molecule has 15 heavy (non-hydrogen) atoms. The normalized spacial score (nSPS) is 13.7. The maximum atomic E-state index is 11.1. The molecule has 0 bridgehead atoms. The highest BCUT2D eigenvalue weighted by Crippen LogP contribution is 2.05. The second-order valence-electron chi connectivity index (χ2n) is 3.17. The van der Waals surface area contributed by atoms with Crippen LogP contribution in [0, 0.1) is 5.92 Å². The van der Waals surface area contributed by atoms with Crippen LogP contribution in [0.5, 0.6) is 0 Å². The van der Waals surface area contributed by atoms with E-state index in [-0.39, 0.29) is 13.1 Å². The number of hydrogen-bond acceptors (Lipinski definition) is 3. The minimum absolute atomic E-state index is 0.0709. The minimum Gasteiger partial charge on any atom is -0.481 e. The van der Waals surface area contributed by atoms with E-state index in [0.29, 0.717) is 12.8 Å².